The topological polar surface area (TPSA) is 35.2 Å². The monoisotopic (exact) mass is 287 g/mol. The Morgan fingerprint density at radius 3 is 2.15 bits per heavy atom. The minimum atomic E-state index is -4.37. The number of hydrogen-bond donors (Lipinski definition) is 1. The standard InChI is InChI=1S/C15H20F3NO/c16-15(17,18)11-8-9-14(13(19)10-11)20-12-6-4-2-1-3-5-7-12/h8-10,12H,1-7,19H2. The van der Waals surface area contributed by atoms with Crippen molar-refractivity contribution in [2.24, 2.45) is 0 Å². The van der Waals surface area contributed by atoms with Crippen LogP contribution in [-0.4, -0.2) is 6.10 Å². The minimum absolute atomic E-state index is 0.0573. The Morgan fingerprint density at radius 2 is 1.60 bits per heavy atom. The van der Waals surface area contributed by atoms with E-state index in [2.05, 4.69) is 0 Å². The van der Waals surface area contributed by atoms with Crippen LogP contribution in [0.4, 0.5) is 18.9 Å². The largest absolute Gasteiger partial charge is 0.488 e. The molecule has 0 radical (unpaired) electrons. The number of ether oxygens (including phenoxy) is 1. The van der Waals surface area contributed by atoms with Crippen molar-refractivity contribution in [1.29, 1.82) is 0 Å². The molecule has 0 atom stereocenters. The predicted octanol–water partition coefficient (Wildman–Crippen LogP) is 4.78. The van der Waals surface area contributed by atoms with Crippen molar-refractivity contribution in [3.63, 3.8) is 0 Å². The molecule has 1 fully saturated rings. The highest BCUT2D eigenvalue weighted by Crippen LogP contribution is 2.34. The van der Waals surface area contributed by atoms with Gasteiger partial charge in [0, 0.05) is 0 Å². The maximum Gasteiger partial charge on any atom is 0.416 e. The highest BCUT2D eigenvalue weighted by atomic mass is 19.4. The van der Waals surface area contributed by atoms with E-state index < -0.39 is 11.7 Å². The third-order valence-electron chi connectivity index (χ3n) is 3.68. The van der Waals surface area contributed by atoms with Crippen LogP contribution in [0.3, 0.4) is 0 Å². The first-order valence-electron chi connectivity index (χ1n) is 7.10. The Labute approximate surface area is 117 Å². The lowest BCUT2D eigenvalue weighted by Gasteiger charge is -2.22. The van der Waals surface area contributed by atoms with Crippen LogP contribution < -0.4 is 10.5 Å². The van der Waals surface area contributed by atoms with Crippen LogP contribution in [0.2, 0.25) is 0 Å². The summed E-state index contributed by atoms with van der Waals surface area (Å²) in [7, 11) is 0. The van der Waals surface area contributed by atoms with Crippen LogP contribution in [0, 0.1) is 0 Å². The predicted molar refractivity (Wildman–Crippen MR) is 72.6 cm³/mol. The third kappa shape index (κ3) is 4.05. The number of halogens is 3. The molecule has 2 rings (SSSR count). The molecule has 0 amide bonds. The first kappa shape index (κ1) is 15.0. The van der Waals surface area contributed by atoms with Crippen LogP contribution in [0.25, 0.3) is 0 Å². The quantitative estimate of drug-likeness (QED) is 0.794. The van der Waals surface area contributed by atoms with Gasteiger partial charge in [0.25, 0.3) is 0 Å². The number of nitrogens with two attached hydrogens (primary N) is 1. The van der Waals surface area contributed by atoms with Gasteiger partial charge < -0.3 is 10.5 Å². The molecule has 0 bridgehead atoms. The number of rotatable bonds is 2. The summed E-state index contributed by atoms with van der Waals surface area (Å²) in [5.74, 6) is 0.364. The van der Waals surface area contributed by atoms with Gasteiger partial charge in [-0.15, -0.1) is 0 Å². The smallest absolute Gasteiger partial charge is 0.416 e. The Morgan fingerprint density at radius 1 is 1.00 bits per heavy atom. The first-order chi connectivity index (χ1) is 9.47. The zero-order valence-electron chi connectivity index (χ0n) is 11.4. The van der Waals surface area contributed by atoms with Gasteiger partial charge in [0.1, 0.15) is 5.75 Å². The normalized spacial score (nSPS) is 18.4. The maximum absolute atomic E-state index is 12.6. The molecule has 20 heavy (non-hydrogen) atoms. The van der Waals surface area contributed by atoms with E-state index in [9.17, 15) is 13.2 Å². The number of alkyl halides is 3. The molecule has 0 unspecified atom stereocenters. The lowest BCUT2D eigenvalue weighted by Crippen LogP contribution is -2.18. The molecule has 1 aliphatic rings. The summed E-state index contributed by atoms with van der Waals surface area (Å²) in [4.78, 5) is 0. The Balaban J connectivity index is 2.05. The van der Waals surface area contributed by atoms with Gasteiger partial charge in [-0.05, 0) is 43.9 Å². The zero-order chi connectivity index (χ0) is 14.6. The van der Waals surface area contributed by atoms with E-state index >= 15 is 0 Å². The van der Waals surface area contributed by atoms with E-state index in [1.54, 1.807) is 0 Å². The van der Waals surface area contributed by atoms with Crippen LogP contribution in [0.1, 0.15) is 50.5 Å². The van der Waals surface area contributed by atoms with Gasteiger partial charge in [-0.3, -0.25) is 0 Å². The van der Waals surface area contributed by atoms with Crippen LogP contribution in [0.15, 0.2) is 18.2 Å². The average Bonchev–Trinajstić information content (AvgIpc) is 2.33. The van der Waals surface area contributed by atoms with E-state index in [0.29, 0.717) is 5.75 Å². The summed E-state index contributed by atoms with van der Waals surface area (Å²) in [5, 5.41) is 0. The third-order valence-corrected chi connectivity index (χ3v) is 3.68. The van der Waals surface area contributed by atoms with Crippen LogP contribution >= 0.6 is 0 Å². The van der Waals surface area contributed by atoms with Crippen molar-refractivity contribution in [3.8, 4) is 5.75 Å². The molecular formula is C15H20F3NO. The van der Waals surface area contributed by atoms with Gasteiger partial charge in [-0.1, -0.05) is 19.3 Å². The van der Waals surface area contributed by atoms with Gasteiger partial charge >= 0.3 is 6.18 Å². The molecule has 0 saturated heterocycles. The molecule has 2 nitrogen and oxygen atoms in total. The Bertz CT molecular complexity index is 437. The van der Waals surface area contributed by atoms with Crippen molar-refractivity contribution < 1.29 is 17.9 Å². The van der Waals surface area contributed by atoms with E-state index in [1.165, 1.54) is 25.3 Å². The summed E-state index contributed by atoms with van der Waals surface area (Å²) in [6, 6.07) is 3.30. The molecule has 1 saturated carbocycles. The maximum atomic E-state index is 12.6. The molecule has 0 aromatic heterocycles. The second kappa shape index (κ2) is 6.37. The van der Waals surface area contributed by atoms with Crippen molar-refractivity contribution in [3.05, 3.63) is 23.8 Å². The zero-order valence-corrected chi connectivity index (χ0v) is 11.4. The van der Waals surface area contributed by atoms with Gasteiger partial charge in [-0.25, -0.2) is 0 Å². The molecule has 2 N–H and O–H groups in total. The summed E-state index contributed by atoms with van der Waals surface area (Å²) < 4.78 is 43.5. The fourth-order valence-corrected chi connectivity index (χ4v) is 2.55. The van der Waals surface area contributed by atoms with Crippen molar-refractivity contribution in [2.75, 3.05) is 5.73 Å². The molecular weight excluding hydrogens is 267 g/mol. The van der Waals surface area contributed by atoms with Gasteiger partial charge in [-0.2, -0.15) is 13.2 Å². The lowest BCUT2D eigenvalue weighted by molar-refractivity contribution is -0.137. The Kier molecular flexibility index (Phi) is 4.78. The highest BCUT2D eigenvalue weighted by molar-refractivity contribution is 5.54. The summed E-state index contributed by atoms with van der Waals surface area (Å²) in [6.07, 6.45) is 3.44. The number of anilines is 1. The average molecular weight is 287 g/mol. The summed E-state index contributed by atoms with van der Waals surface area (Å²) in [5.41, 5.74) is 5.00. The molecule has 112 valence electrons. The van der Waals surface area contributed by atoms with E-state index in [4.69, 9.17) is 10.5 Å². The molecule has 1 aromatic carbocycles. The summed E-state index contributed by atoms with van der Waals surface area (Å²) >= 11 is 0. The van der Waals surface area contributed by atoms with Crippen molar-refractivity contribution in [1.82, 2.24) is 0 Å². The lowest BCUT2D eigenvalue weighted by atomic mass is 9.98. The van der Waals surface area contributed by atoms with E-state index in [0.717, 1.165) is 37.8 Å². The second-order valence-electron chi connectivity index (χ2n) is 5.34. The van der Waals surface area contributed by atoms with Crippen molar-refractivity contribution in [2.45, 2.75) is 57.2 Å². The first-order valence-corrected chi connectivity index (χ1v) is 7.10. The fourth-order valence-electron chi connectivity index (χ4n) is 2.55. The van der Waals surface area contributed by atoms with E-state index in [-0.39, 0.29) is 11.8 Å². The minimum Gasteiger partial charge on any atom is -0.488 e. The Hall–Kier alpha value is -1.39. The number of hydrogen-bond acceptors (Lipinski definition) is 2. The molecule has 0 aliphatic heterocycles. The SMILES string of the molecule is Nc1cc(C(F)(F)F)ccc1OC1CCCCCCC1. The van der Waals surface area contributed by atoms with Gasteiger partial charge in [0.2, 0.25) is 0 Å². The van der Waals surface area contributed by atoms with Gasteiger partial charge in [0.15, 0.2) is 0 Å². The van der Waals surface area contributed by atoms with Crippen LogP contribution in [0.5, 0.6) is 5.75 Å². The van der Waals surface area contributed by atoms with Gasteiger partial charge in [0.05, 0.1) is 17.4 Å². The molecule has 0 spiro atoms. The molecule has 1 aliphatic carbocycles. The summed E-state index contributed by atoms with van der Waals surface area (Å²) in [6.45, 7) is 0. The highest BCUT2D eigenvalue weighted by Gasteiger charge is 2.31. The van der Waals surface area contributed by atoms with E-state index in [1.807, 2.05) is 0 Å². The second-order valence-corrected chi connectivity index (χ2v) is 5.34. The molecule has 5 heteroatoms. The van der Waals surface area contributed by atoms with Crippen molar-refractivity contribution >= 4 is 5.69 Å². The number of nitrogen functional groups attached to an aromatic ring is 1. The fraction of sp³-hybridized carbons (Fsp3) is 0.600. The number of benzene rings is 1. The van der Waals surface area contributed by atoms with Crippen LogP contribution in [-0.2, 0) is 6.18 Å². The molecule has 0 heterocycles. The molecule has 1 aromatic rings.